The smallest absolute Gasteiger partial charge is 0.223 e. The van der Waals surface area contributed by atoms with Crippen molar-refractivity contribution in [3.05, 3.63) is 35.4 Å². The summed E-state index contributed by atoms with van der Waals surface area (Å²) in [4.78, 5) is 26.2. The van der Waals surface area contributed by atoms with Crippen LogP contribution in [0.1, 0.15) is 48.0 Å². The first-order valence-corrected chi connectivity index (χ1v) is 7.71. The maximum absolute atomic E-state index is 12.3. The summed E-state index contributed by atoms with van der Waals surface area (Å²) in [5.41, 5.74) is 7.54. The van der Waals surface area contributed by atoms with Gasteiger partial charge in [-0.3, -0.25) is 9.59 Å². The van der Waals surface area contributed by atoms with E-state index in [2.05, 4.69) is 0 Å². The first-order chi connectivity index (χ1) is 10.1. The van der Waals surface area contributed by atoms with Crippen LogP contribution in [0.5, 0.6) is 0 Å². The van der Waals surface area contributed by atoms with Crippen LogP contribution in [0.25, 0.3) is 0 Å². The van der Waals surface area contributed by atoms with Gasteiger partial charge in [-0.1, -0.05) is 29.8 Å². The molecule has 1 amide bonds. The van der Waals surface area contributed by atoms with Crippen molar-refractivity contribution in [3.8, 4) is 0 Å². The van der Waals surface area contributed by atoms with Crippen LogP contribution in [0.4, 0.5) is 0 Å². The number of hydrogen-bond donors (Lipinski definition) is 1. The Morgan fingerprint density at radius 3 is 2.57 bits per heavy atom. The molecule has 1 aromatic carbocycles. The van der Waals surface area contributed by atoms with Crippen molar-refractivity contribution in [2.75, 3.05) is 13.1 Å². The lowest BCUT2D eigenvalue weighted by Gasteiger charge is -2.35. The number of rotatable bonds is 5. The van der Waals surface area contributed by atoms with Crippen LogP contribution in [-0.4, -0.2) is 35.7 Å². The zero-order valence-electron chi connectivity index (χ0n) is 12.7. The van der Waals surface area contributed by atoms with E-state index in [4.69, 9.17) is 5.73 Å². The Kier molecular flexibility index (Phi) is 5.51. The SMILES string of the molecule is Cc1ccc(C(=O)CCC(=O)N2CCCCC2CN)cc1. The zero-order valence-corrected chi connectivity index (χ0v) is 12.7. The normalized spacial score (nSPS) is 18.6. The Morgan fingerprint density at radius 2 is 1.90 bits per heavy atom. The predicted octanol–water partition coefficient (Wildman–Crippen LogP) is 2.30. The molecule has 0 radical (unpaired) electrons. The molecule has 2 N–H and O–H groups in total. The van der Waals surface area contributed by atoms with Crippen LogP contribution in [0.15, 0.2) is 24.3 Å². The molecule has 1 saturated heterocycles. The Morgan fingerprint density at radius 1 is 1.19 bits per heavy atom. The van der Waals surface area contributed by atoms with Gasteiger partial charge in [0.1, 0.15) is 0 Å². The van der Waals surface area contributed by atoms with Crippen molar-refractivity contribution in [1.82, 2.24) is 4.90 Å². The number of carbonyl (C=O) groups excluding carboxylic acids is 2. The van der Waals surface area contributed by atoms with Gasteiger partial charge in [0.2, 0.25) is 5.91 Å². The maximum Gasteiger partial charge on any atom is 0.223 e. The van der Waals surface area contributed by atoms with E-state index >= 15 is 0 Å². The van der Waals surface area contributed by atoms with Gasteiger partial charge in [-0.25, -0.2) is 0 Å². The van der Waals surface area contributed by atoms with Crippen molar-refractivity contribution < 1.29 is 9.59 Å². The molecule has 2 rings (SSSR count). The van der Waals surface area contributed by atoms with Gasteiger partial charge in [-0.05, 0) is 26.2 Å². The predicted molar refractivity (Wildman–Crippen MR) is 83.1 cm³/mol. The third kappa shape index (κ3) is 4.14. The minimum absolute atomic E-state index is 0.0321. The van der Waals surface area contributed by atoms with Crippen molar-refractivity contribution in [2.45, 2.75) is 45.1 Å². The average molecular weight is 288 g/mol. The molecule has 21 heavy (non-hydrogen) atoms. The molecule has 114 valence electrons. The molecule has 1 aliphatic rings. The fraction of sp³-hybridized carbons (Fsp3) is 0.529. The van der Waals surface area contributed by atoms with Crippen molar-refractivity contribution >= 4 is 11.7 Å². The molecule has 1 aliphatic heterocycles. The number of likely N-dealkylation sites (tertiary alicyclic amines) is 1. The van der Waals surface area contributed by atoms with E-state index in [1.165, 1.54) is 0 Å². The van der Waals surface area contributed by atoms with Gasteiger partial charge in [-0.15, -0.1) is 0 Å². The minimum atomic E-state index is 0.0321. The molecule has 4 heteroatoms. The fourth-order valence-corrected chi connectivity index (χ4v) is 2.82. The number of amides is 1. The number of carbonyl (C=O) groups is 2. The lowest BCUT2D eigenvalue weighted by Crippen LogP contribution is -2.47. The average Bonchev–Trinajstić information content (AvgIpc) is 2.52. The van der Waals surface area contributed by atoms with Gasteiger partial charge >= 0.3 is 0 Å². The lowest BCUT2D eigenvalue weighted by molar-refractivity contribution is -0.134. The second-order valence-electron chi connectivity index (χ2n) is 5.76. The number of benzene rings is 1. The number of piperidine rings is 1. The molecule has 0 saturated carbocycles. The molecule has 0 spiro atoms. The molecular weight excluding hydrogens is 264 g/mol. The summed E-state index contributed by atoms with van der Waals surface area (Å²) in [6.45, 7) is 3.28. The van der Waals surface area contributed by atoms with E-state index in [0.717, 1.165) is 31.4 Å². The van der Waals surface area contributed by atoms with Crippen LogP contribution < -0.4 is 5.73 Å². The van der Waals surface area contributed by atoms with E-state index in [1.807, 2.05) is 36.1 Å². The van der Waals surface area contributed by atoms with Crippen LogP contribution >= 0.6 is 0 Å². The van der Waals surface area contributed by atoms with Crippen molar-refractivity contribution in [2.24, 2.45) is 5.73 Å². The Hall–Kier alpha value is -1.68. The monoisotopic (exact) mass is 288 g/mol. The highest BCUT2D eigenvalue weighted by atomic mass is 16.2. The number of nitrogens with two attached hydrogens (primary N) is 1. The second-order valence-corrected chi connectivity index (χ2v) is 5.76. The number of aryl methyl sites for hydroxylation is 1. The summed E-state index contributed by atoms with van der Waals surface area (Å²) in [6, 6.07) is 7.65. The molecule has 1 atom stereocenters. The molecule has 4 nitrogen and oxygen atoms in total. The van der Waals surface area contributed by atoms with Crippen LogP contribution in [0.3, 0.4) is 0 Å². The molecule has 0 aromatic heterocycles. The molecule has 0 aliphatic carbocycles. The Bertz CT molecular complexity index is 496. The highest BCUT2D eigenvalue weighted by Gasteiger charge is 2.25. The van der Waals surface area contributed by atoms with E-state index in [9.17, 15) is 9.59 Å². The Balaban J connectivity index is 1.88. The van der Waals surface area contributed by atoms with E-state index in [-0.39, 0.29) is 30.6 Å². The standard InChI is InChI=1S/C17H24N2O2/c1-13-5-7-14(8-6-13)16(20)9-10-17(21)19-11-3-2-4-15(19)12-18/h5-8,15H,2-4,9-12,18H2,1H3. The lowest BCUT2D eigenvalue weighted by atomic mass is 10.0. The van der Waals surface area contributed by atoms with Crippen molar-refractivity contribution in [1.29, 1.82) is 0 Å². The highest BCUT2D eigenvalue weighted by molar-refractivity contribution is 5.98. The maximum atomic E-state index is 12.3. The number of hydrogen-bond acceptors (Lipinski definition) is 3. The van der Waals surface area contributed by atoms with Gasteiger partial charge in [0.05, 0.1) is 0 Å². The van der Waals surface area contributed by atoms with E-state index in [0.29, 0.717) is 12.1 Å². The topological polar surface area (TPSA) is 63.4 Å². The fourth-order valence-electron chi connectivity index (χ4n) is 2.82. The van der Waals surface area contributed by atoms with Crippen LogP contribution in [0.2, 0.25) is 0 Å². The van der Waals surface area contributed by atoms with Gasteiger partial charge in [-0.2, -0.15) is 0 Å². The largest absolute Gasteiger partial charge is 0.338 e. The van der Waals surface area contributed by atoms with Gasteiger partial charge < -0.3 is 10.6 Å². The number of nitrogens with zero attached hydrogens (tertiary/aromatic N) is 1. The number of ketones is 1. The molecule has 1 unspecified atom stereocenters. The third-order valence-corrected chi connectivity index (χ3v) is 4.16. The van der Waals surface area contributed by atoms with Crippen LogP contribution in [0, 0.1) is 6.92 Å². The quantitative estimate of drug-likeness (QED) is 0.846. The zero-order chi connectivity index (χ0) is 15.2. The summed E-state index contributed by atoms with van der Waals surface area (Å²) in [5.74, 6) is 0.0928. The summed E-state index contributed by atoms with van der Waals surface area (Å²) in [5, 5.41) is 0. The number of Topliss-reactive ketones (excluding diaryl/α,β-unsaturated/α-hetero) is 1. The Labute approximate surface area is 126 Å². The third-order valence-electron chi connectivity index (χ3n) is 4.16. The highest BCUT2D eigenvalue weighted by Crippen LogP contribution is 2.18. The molecule has 1 heterocycles. The van der Waals surface area contributed by atoms with Gasteiger partial charge in [0.25, 0.3) is 0 Å². The summed E-state index contributed by atoms with van der Waals surface area (Å²) < 4.78 is 0. The van der Waals surface area contributed by atoms with Crippen LogP contribution in [-0.2, 0) is 4.79 Å². The minimum Gasteiger partial charge on any atom is -0.338 e. The molecule has 0 bridgehead atoms. The van der Waals surface area contributed by atoms with Gasteiger partial charge in [0.15, 0.2) is 5.78 Å². The molecule has 1 aromatic rings. The summed E-state index contributed by atoms with van der Waals surface area (Å²) >= 11 is 0. The second kappa shape index (κ2) is 7.36. The summed E-state index contributed by atoms with van der Waals surface area (Å²) in [7, 11) is 0. The summed E-state index contributed by atoms with van der Waals surface area (Å²) in [6.07, 6.45) is 3.70. The van der Waals surface area contributed by atoms with E-state index in [1.54, 1.807) is 0 Å². The molecule has 1 fully saturated rings. The van der Waals surface area contributed by atoms with Crippen molar-refractivity contribution in [3.63, 3.8) is 0 Å². The molecular formula is C17H24N2O2. The van der Waals surface area contributed by atoms with E-state index < -0.39 is 0 Å². The van der Waals surface area contributed by atoms with Gasteiger partial charge in [0, 0.05) is 37.5 Å². The first-order valence-electron chi connectivity index (χ1n) is 7.71. The first kappa shape index (κ1) is 15.7.